The number of amides is 2. The van der Waals surface area contributed by atoms with Gasteiger partial charge in [0, 0.05) is 0 Å². The smallest absolute Gasteiger partial charge is 0.270 e. The van der Waals surface area contributed by atoms with Gasteiger partial charge in [-0.2, -0.15) is 0 Å². The number of thiocarbonyl (C=S) groups is 1. The number of unbranched alkanes of at least 4 members (excludes halogenated alkanes) is 5. The van der Waals surface area contributed by atoms with Crippen molar-refractivity contribution >= 4 is 72.8 Å². The van der Waals surface area contributed by atoms with E-state index in [0.717, 1.165) is 21.8 Å². The monoisotopic (exact) mass is 592 g/mol. The number of carbonyl (C=O) groups excluding carboxylic acids is 2. The molecule has 33 heavy (non-hydrogen) atoms. The number of nitrogens with one attached hydrogen (secondary N) is 1. The summed E-state index contributed by atoms with van der Waals surface area (Å²) in [4.78, 5) is 27.0. The van der Waals surface area contributed by atoms with E-state index in [0.29, 0.717) is 23.6 Å². The van der Waals surface area contributed by atoms with Gasteiger partial charge >= 0.3 is 0 Å². The van der Waals surface area contributed by atoms with Crippen LogP contribution in [-0.2, 0) is 9.59 Å². The van der Waals surface area contributed by atoms with Gasteiger partial charge in [0.1, 0.15) is 11.3 Å². The van der Waals surface area contributed by atoms with Crippen molar-refractivity contribution in [1.29, 1.82) is 0 Å². The molecular formula is C25H26Br2N2O3S. The van der Waals surface area contributed by atoms with E-state index in [1.165, 1.54) is 30.6 Å². The quantitative estimate of drug-likeness (QED) is 0.143. The van der Waals surface area contributed by atoms with E-state index in [2.05, 4.69) is 44.1 Å². The number of ether oxygens (including phenoxy) is 1. The van der Waals surface area contributed by atoms with Gasteiger partial charge in [-0.15, -0.1) is 0 Å². The van der Waals surface area contributed by atoms with Crippen LogP contribution in [0, 0.1) is 0 Å². The maximum atomic E-state index is 13.1. The van der Waals surface area contributed by atoms with Gasteiger partial charge in [-0.25, -0.2) is 0 Å². The van der Waals surface area contributed by atoms with Crippen LogP contribution < -0.4 is 15.0 Å². The maximum absolute atomic E-state index is 13.1. The number of para-hydroxylation sites is 1. The Hall–Kier alpha value is -2.03. The minimum absolute atomic E-state index is 0.00648. The lowest BCUT2D eigenvalue weighted by Gasteiger charge is -2.28. The van der Waals surface area contributed by atoms with Gasteiger partial charge in [-0.3, -0.25) is 19.8 Å². The van der Waals surface area contributed by atoms with Gasteiger partial charge < -0.3 is 4.74 Å². The number of carbonyl (C=O) groups is 2. The molecule has 2 amide bonds. The van der Waals surface area contributed by atoms with Crippen LogP contribution in [0.3, 0.4) is 0 Å². The molecule has 0 aliphatic carbocycles. The minimum atomic E-state index is -0.521. The molecule has 174 valence electrons. The summed E-state index contributed by atoms with van der Waals surface area (Å²) < 4.78 is 7.45. The highest BCUT2D eigenvalue weighted by atomic mass is 79.9. The molecule has 1 heterocycles. The van der Waals surface area contributed by atoms with Crippen molar-refractivity contribution in [2.75, 3.05) is 11.5 Å². The molecule has 0 unspecified atom stereocenters. The van der Waals surface area contributed by atoms with E-state index in [9.17, 15) is 9.59 Å². The molecule has 0 atom stereocenters. The van der Waals surface area contributed by atoms with Crippen LogP contribution in [0.2, 0.25) is 0 Å². The molecule has 0 saturated carbocycles. The molecule has 1 fully saturated rings. The summed E-state index contributed by atoms with van der Waals surface area (Å²) in [7, 11) is 0. The first-order valence-electron chi connectivity index (χ1n) is 11.0. The van der Waals surface area contributed by atoms with Crippen molar-refractivity contribution < 1.29 is 14.3 Å². The van der Waals surface area contributed by atoms with Crippen LogP contribution >= 0.6 is 44.1 Å². The van der Waals surface area contributed by atoms with Crippen molar-refractivity contribution in [3.8, 4) is 5.75 Å². The fraction of sp³-hybridized carbons (Fsp3) is 0.320. The zero-order valence-corrected chi connectivity index (χ0v) is 22.4. The highest BCUT2D eigenvalue weighted by Crippen LogP contribution is 2.36. The first-order valence-corrected chi connectivity index (χ1v) is 13.0. The summed E-state index contributed by atoms with van der Waals surface area (Å²) in [5.41, 5.74) is 1.28. The lowest BCUT2D eigenvalue weighted by Crippen LogP contribution is -2.54. The Morgan fingerprint density at radius 2 is 1.64 bits per heavy atom. The molecule has 2 aromatic carbocycles. The standard InChI is InChI=1S/C25H26Br2N2O3S/c1-2-3-4-5-6-10-13-32-22-20(26)15-17(16-21(22)27)14-19-23(30)28-25(33)29(24(19)31)18-11-8-7-9-12-18/h7-9,11-12,14-16H,2-6,10,13H2,1H3,(H,28,30,33)/b19-14-. The minimum Gasteiger partial charge on any atom is -0.491 e. The lowest BCUT2D eigenvalue weighted by molar-refractivity contribution is -0.122. The number of hydrogen-bond acceptors (Lipinski definition) is 4. The van der Waals surface area contributed by atoms with Crippen molar-refractivity contribution in [2.45, 2.75) is 45.4 Å². The number of benzene rings is 2. The van der Waals surface area contributed by atoms with E-state index < -0.39 is 11.8 Å². The molecule has 3 rings (SSSR count). The summed E-state index contributed by atoms with van der Waals surface area (Å²) in [6.45, 7) is 2.84. The van der Waals surface area contributed by atoms with Gasteiger partial charge in [-0.1, -0.05) is 57.2 Å². The number of anilines is 1. The van der Waals surface area contributed by atoms with Crippen molar-refractivity contribution in [2.24, 2.45) is 0 Å². The van der Waals surface area contributed by atoms with Gasteiger partial charge in [0.25, 0.3) is 11.8 Å². The molecule has 2 aromatic rings. The Balaban J connectivity index is 1.73. The summed E-state index contributed by atoms with van der Waals surface area (Å²) >= 11 is 12.3. The molecule has 0 radical (unpaired) electrons. The molecular weight excluding hydrogens is 568 g/mol. The Morgan fingerprint density at radius 3 is 2.30 bits per heavy atom. The molecule has 1 saturated heterocycles. The molecule has 1 N–H and O–H groups in total. The summed E-state index contributed by atoms with van der Waals surface area (Å²) in [6.07, 6.45) is 8.72. The van der Waals surface area contributed by atoms with Crippen LogP contribution in [0.5, 0.6) is 5.75 Å². The number of nitrogens with zero attached hydrogens (tertiary/aromatic N) is 1. The first kappa shape index (κ1) is 25.6. The second-order valence-corrected chi connectivity index (χ2v) is 9.82. The second-order valence-electron chi connectivity index (χ2n) is 7.72. The van der Waals surface area contributed by atoms with E-state index in [4.69, 9.17) is 17.0 Å². The highest BCUT2D eigenvalue weighted by Gasteiger charge is 2.34. The third-order valence-electron chi connectivity index (χ3n) is 5.19. The third kappa shape index (κ3) is 6.74. The fourth-order valence-electron chi connectivity index (χ4n) is 3.49. The average Bonchev–Trinajstić information content (AvgIpc) is 2.78. The van der Waals surface area contributed by atoms with Crippen LogP contribution in [0.4, 0.5) is 5.69 Å². The van der Waals surface area contributed by atoms with Crippen molar-refractivity contribution in [3.05, 3.63) is 62.5 Å². The van der Waals surface area contributed by atoms with Gasteiger partial charge in [0.05, 0.1) is 21.2 Å². The molecule has 0 aromatic heterocycles. The second kappa shape index (κ2) is 12.4. The van der Waals surface area contributed by atoms with Gasteiger partial charge in [0.15, 0.2) is 5.11 Å². The van der Waals surface area contributed by atoms with Crippen molar-refractivity contribution in [1.82, 2.24) is 5.32 Å². The van der Waals surface area contributed by atoms with Gasteiger partial charge in [0.2, 0.25) is 0 Å². The van der Waals surface area contributed by atoms with Crippen LogP contribution in [0.25, 0.3) is 6.08 Å². The molecule has 0 bridgehead atoms. The van der Waals surface area contributed by atoms with E-state index in [1.54, 1.807) is 18.2 Å². The predicted molar refractivity (Wildman–Crippen MR) is 143 cm³/mol. The van der Waals surface area contributed by atoms with Crippen LogP contribution in [-0.4, -0.2) is 23.5 Å². The highest BCUT2D eigenvalue weighted by molar-refractivity contribution is 9.11. The topological polar surface area (TPSA) is 58.6 Å². The normalized spacial score (nSPS) is 15.2. The molecule has 0 spiro atoms. The third-order valence-corrected chi connectivity index (χ3v) is 6.65. The number of hydrogen-bond donors (Lipinski definition) is 1. The van der Waals surface area contributed by atoms with Gasteiger partial charge in [-0.05, 0) is 86.4 Å². The Labute approximate surface area is 216 Å². The first-order chi connectivity index (χ1) is 15.9. The van der Waals surface area contributed by atoms with Crippen molar-refractivity contribution in [3.63, 3.8) is 0 Å². The largest absolute Gasteiger partial charge is 0.491 e. The van der Waals surface area contributed by atoms with Crippen LogP contribution in [0.15, 0.2) is 57.0 Å². The zero-order valence-electron chi connectivity index (χ0n) is 18.4. The molecule has 8 heteroatoms. The Bertz CT molecular complexity index is 1030. The lowest BCUT2D eigenvalue weighted by atomic mass is 10.1. The predicted octanol–water partition coefficient (Wildman–Crippen LogP) is 6.78. The number of halogens is 2. The maximum Gasteiger partial charge on any atom is 0.270 e. The summed E-state index contributed by atoms with van der Waals surface area (Å²) in [5.74, 6) is -0.282. The summed E-state index contributed by atoms with van der Waals surface area (Å²) in [5, 5.41) is 2.67. The van der Waals surface area contributed by atoms with E-state index in [1.807, 2.05) is 30.3 Å². The SMILES string of the molecule is CCCCCCCCOc1c(Br)cc(/C=C2/C(=O)NC(=S)N(c3ccccc3)C2=O)cc1Br. The average molecular weight is 594 g/mol. The van der Waals surface area contributed by atoms with Crippen LogP contribution in [0.1, 0.15) is 51.0 Å². The van der Waals surface area contributed by atoms with E-state index in [-0.39, 0.29) is 10.7 Å². The number of rotatable bonds is 10. The molecule has 1 aliphatic heterocycles. The Kier molecular flexibility index (Phi) is 9.64. The Morgan fingerprint density at radius 1 is 1.00 bits per heavy atom. The molecule has 1 aliphatic rings. The molecule has 5 nitrogen and oxygen atoms in total. The van der Waals surface area contributed by atoms with E-state index >= 15 is 0 Å². The fourth-order valence-corrected chi connectivity index (χ4v) is 5.22. The summed E-state index contributed by atoms with van der Waals surface area (Å²) in [6, 6.07) is 12.7. The zero-order chi connectivity index (χ0) is 23.8.